The highest BCUT2D eigenvalue weighted by molar-refractivity contribution is 5.99. The van der Waals surface area contributed by atoms with Crippen molar-refractivity contribution in [1.29, 1.82) is 0 Å². The molecule has 0 saturated carbocycles. The molecule has 1 aromatic carbocycles. The van der Waals surface area contributed by atoms with Crippen LogP contribution >= 0.6 is 0 Å². The molecule has 1 aliphatic heterocycles. The highest BCUT2D eigenvalue weighted by atomic mass is 16.5. The molecule has 2 unspecified atom stereocenters. The Kier molecular flexibility index (Phi) is 5.41. The molecule has 1 aliphatic rings. The normalized spacial score (nSPS) is 22.5. The molecule has 6 nitrogen and oxygen atoms in total. The van der Waals surface area contributed by atoms with Crippen molar-refractivity contribution in [1.82, 2.24) is 5.32 Å². The van der Waals surface area contributed by atoms with Gasteiger partial charge in [0.05, 0.1) is 18.8 Å². The molecule has 1 fully saturated rings. The number of methoxy groups -OCH3 is 1. The summed E-state index contributed by atoms with van der Waals surface area (Å²) in [6.45, 7) is 4.61. The van der Waals surface area contributed by atoms with Gasteiger partial charge in [0.1, 0.15) is 5.75 Å². The highest BCUT2D eigenvalue weighted by Gasteiger charge is 2.23. The smallest absolute Gasteiger partial charge is 0.173 e. The van der Waals surface area contributed by atoms with Crippen molar-refractivity contribution < 1.29 is 14.7 Å². The van der Waals surface area contributed by atoms with E-state index in [1.54, 1.807) is 7.11 Å². The number of nitrogens with two attached hydrogens (primary N) is 1. The largest absolute Gasteiger partial charge is 0.496 e. The summed E-state index contributed by atoms with van der Waals surface area (Å²) in [5.74, 6) is 1.20. The molecule has 0 spiro atoms. The van der Waals surface area contributed by atoms with Crippen LogP contribution in [0.3, 0.4) is 0 Å². The Bertz CT molecular complexity index is 505. The minimum absolute atomic E-state index is 0.0477. The number of rotatable bonds is 6. The molecule has 0 amide bonds. The van der Waals surface area contributed by atoms with Gasteiger partial charge in [-0.15, -0.1) is 0 Å². The monoisotopic (exact) mass is 293 g/mol. The predicted octanol–water partition coefficient (Wildman–Crippen LogP) is 1.30. The standard InChI is InChI=1S/C15H23N3O3/c1-10-12(5-6-21-10)9-17-8-11-3-4-14(20-2)13(7-11)15(16)18-19/h3-4,7,10,12,17,19H,5-6,8-9H2,1-2H3,(H2,16,18). The minimum Gasteiger partial charge on any atom is -0.496 e. The van der Waals surface area contributed by atoms with Crippen LogP contribution in [0.4, 0.5) is 0 Å². The summed E-state index contributed by atoms with van der Waals surface area (Å²) >= 11 is 0. The van der Waals surface area contributed by atoms with E-state index < -0.39 is 0 Å². The Labute approximate surface area is 124 Å². The van der Waals surface area contributed by atoms with Crippen LogP contribution < -0.4 is 15.8 Å². The van der Waals surface area contributed by atoms with Gasteiger partial charge in [0.25, 0.3) is 0 Å². The van der Waals surface area contributed by atoms with Crippen molar-refractivity contribution in [2.24, 2.45) is 16.8 Å². The molecular formula is C15H23N3O3. The van der Waals surface area contributed by atoms with E-state index in [9.17, 15) is 0 Å². The van der Waals surface area contributed by atoms with Crippen molar-refractivity contribution in [2.75, 3.05) is 20.3 Å². The van der Waals surface area contributed by atoms with Crippen molar-refractivity contribution in [2.45, 2.75) is 26.0 Å². The molecule has 2 rings (SSSR count). The van der Waals surface area contributed by atoms with Crippen LogP contribution in [0.2, 0.25) is 0 Å². The van der Waals surface area contributed by atoms with Gasteiger partial charge in [-0.05, 0) is 37.0 Å². The first-order chi connectivity index (χ1) is 10.2. The van der Waals surface area contributed by atoms with Gasteiger partial charge in [0, 0.05) is 19.7 Å². The second kappa shape index (κ2) is 7.28. The lowest BCUT2D eigenvalue weighted by Crippen LogP contribution is -2.26. The summed E-state index contributed by atoms with van der Waals surface area (Å²) in [5, 5.41) is 15.3. The van der Waals surface area contributed by atoms with Crippen LogP contribution in [0, 0.1) is 5.92 Å². The molecule has 1 saturated heterocycles. The fraction of sp³-hybridized carbons (Fsp3) is 0.533. The van der Waals surface area contributed by atoms with E-state index in [1.807, 2.05) is 18.2 Å². The van der Waals surface area contributed by atoms with Crippen LogP contribution in [-0.2, 0) is 11.3 Å². The van der Waals surface area contributed by atoms with E-state index in [4.69, 9.17) is 20.4 Å². The average molecular weight is 293 g/mol. The van der Waals surface area contributed by atoms with Crippen molar-refractivity contribution in [3.05, 3.63) is 29.3 Å². The molecule has 2 atom stereocenters. The first kappa shape index (κ1) is 15.6. The fourth-order valence-corrected chi connectivity index (χ4v) is 2.57. The van der Waals surface area contributed by atoms with Crippen LogP contribution in [0.1, 0.15) is 24.5 Å². The third-order valence-corrected chi connectivity index (χ3v) is 3.92. The van der Waals surface area contributed by atoms with E-state index in [-0.39, 0.29) is 5.84 Å². The number of ether oxygens (including phenoxy) is 2. The number of benzene rings is 1. The van der Waals surface area contributed by atoms with Crippen molar-refractivity contribution in [3.63, 3.8) is 0 Å². The summed E-state index contributed by atoms with van der Waals surface area (Å²) in [7, 11) is 1.56. The van der Waals surface area contributed by atoms with Gasteiger partial charge in [0.15, 0.2) is 5.84 Å². The van der Waals surface area contributed by atoms with Gasteiger partial charge >= 0.3 is 0 Å². The molecule has 0 aliphatic carbocycles. The number of nitrogens with one attached hydrogen (secondary N) is 1. The molecule has 0 aromatic heterocycles. The number of nitrogens with zero attached hydrogens (tertiary/aromatic N) is 1. The van der Waals surface area contributed by atoms with Crippen LogP contribution in [0.25, 0.3) is 0 Å². The second-order valence-corrected chi connectivity index (χ2v) is 5.28. The first-order valence-electron chi connectivity index (χ1n) is 7.12. The fourth-order valence-electron chi connectivity index (χ4n) is 2.57. The van der Waals surface area contributed by atoms with Crippen LogP contribution in [-0.4, -0.2) is 37.4 Å². The lowest BCUT2D eigenvalue weighted by atomic mass is 10.0. The maximum absolute atomic E-state index is 8.83. The number of amidine groups is 1. The second-order valence-electron chi connectivity index (χ2n) is 5.28. The Balaban J connectivity index is 1.97. The highest BCUT2D eigenvalue weighted by Crippen LogP contribution is 2.21. The molecule has 0 radical (unpaired) electrons. The lowest BCUT2D eigenvalue weighted by molar-refractivity contribution is 0.105. The summed E-state index contributed by atoms with van der Waals surface area (Å²) in [5.41, 5.74) is 7.32. The summed E-state index contributed by atoms with van der Waals surface area (Å²) in [6.07, 6.45) is 1.42. The van der Waals surface area contributed by atoms with Crippen LogP contribution in [0.15, 0.2) is 23.4 Å². The van der Waals surface area contributed by atoms with E-state index >= 15 is 0 Å². The maximum Gasteiger partial charge on any atom is 0.173 e. The number of oxime groups is 1. The van der Waals surface area contributed by atoms with E-state index in [1.165, 1.54) is 0 Å². The zero-order valence-electron chi connectivity index (χ0n) is 12.5. The van der Waals surface area contributed by atoms with E-state index in [0.717, 1.165) is 31.7 Å². The number of hydrogen-bond acceptors (Lipinski definition) is 5. The Morgan fingerprint density at radius 3 is 3.00 bits per heavy atom. The average Bonchev–Trinajstić information content (AvgIpc) is 2.91. The van der Waals surface area contributed by atoms with Crippen molar-refractivity contribution in [3.8, 4) is 5.75 Å². The van der Waals surface area contributed by atoms with E-state index in [0.29, 0.717) is 23.3 Å². The molecule has 116 valence electrons. The Morgan fingerprint density at radius 1 is 1.57 bits per heavy atom. The number of hydrogen-bond donors (Lipinski definition) is 3. The van der Waals surface area contributed by atoms with Gasteiger partial charge in [-0.2, -0.15) is 0 Å². The van der Waals surface area contributed by atoms with E-state index in [2.05, 4.69) is 17.4 Å². The Hall–Kier alpha value is -1.79. The zero-order chi connectivity index (χ0) is 15.2. The molecule has 1 heterocycles. The maximum atomic E-state index is 8.83. The summed E-state index contributed by atoms with van der Waals surface area (Å²) < 4.78 is 10.8. The third kappa shape index (κ3) is 3.86. The molecule has 0 bridgehead atoms. The SMILES string of the molecule is COc1ccc(CNCC2CCOC2C)cc1/C(N)=N/O. The van der Waals surface area contributed by atoms with Gasteiger partial charge < -0.3 is 25.7 Å². The molecule has 4 N–H and O–H groups in total. The molecule has 1 aromatic rings. The molecule has 21 heavy (non-hydrogen) atoms. The molecular weight excluding hydrogens is 270 g/mol. The minimum atomic E-state index is 0.0477. The third-order valence-electron chi connectivity index (χ3n) is 3.92. The van der Waals surface area contributed by atoms with Crippen LogP contribution in [0.5, 0.6) is 5.75 Å². The predicted molar refractivity (Wildman–Crippen MR) is 80.7 cm³/mol. The molecule has 6 heteroatoms. The van der Waals surface area contributed by atoms with Gasteiger partial charge in [-0.3, -0.25) is 0 Å². The summed E-state index contributed by atoms with van der Waals surface area (Å²) in [6, 6.07) is 5.66. The van der Waals surface area contributed by atoms with Gasteiger partial charge in [-0.1, -0.05) is 11.2 Å². The van der Waals surface area contributed by atoms with Crippen molar-refractivity contribution >= 4 is 5.84 Å². The van der Waals surface area contributed by atoms with Gasteiger partial charge in [0.2, 0.25) is 0 Å². The van der Waals surface area contributed by atoms with Gasteiger partial charge in [-0.25, -0.2) is 0 Å². The topological polar surface area (TPSA) is 89.1 Å². The Morgan fingerprint density at radius 2 is 2.38 bits per heavy atom. The first-order valence-corrected chi connectivity index (χ1v) is 7.12. The zero-order valence-corrected chi connectivity index (χ0v) is 12.5. The quantitative estimate of drug-likeness (QED) is 0.318. The lowest BCUT2D eigenvalue weighted by Gasteiger charge is -2.15. The summed E-state index contributed by atoms with van der Waals surface area (Å²) in [4.78, 5) is 0.